The number of carbonyl (C=O) groups is 1. The van der Waals surface area contributed by atoms with Crippen LogP contribution in [0, 0.1) is 17.1 Å². The topological polar surface area (TPSA) is 70.1 Å². The van der Waals surface area contributed by atoms with E-state index in [-0.39, 0.29) is 12.5 Å². The second-order valence-electron chi connectivity index (χ2n) is 4.50. The number of amides is 1. The SMILES string of the molecule is CSCC[C@@H](N)C(=O)N(C)Cc1cc(C#N)ccc1F. The molecule has 0 saturated carbocycles. The van der Waals surface area contributed by atoms with Gasteiger partial charge in [-0.3, -0.25) is 4.79 Å². The van der Waals surface area contributed by atoms with Crippen LogP contribution in [0.15, 0.2) is 18.2 Å². The third-order valence-corrected chi connectivity index (χ3v) is 3.55. The van der Waals surface area contributed by atoms with Crippen molar-refractivity contribution in [2.75, 3.05) is 19.1 Å². The van der Waals surface area contributed by atoms with Crippen LogP contribution in [0.4, 0.5) is 4.39 Å². The quantitative estimate of drug-likeness (QED) is 0.868. The van der Waals surface area contributed by atoms with Crippen molar-refractivity contribution < 1.29 is 9.18 Å². The Kier molecular flexibility index (Phi) is 6.49. The molecule has 0 spiro atoms. The van der Waals surface area contributed by atoms with Gasteiger partial charge in [-0.1, -0.05) is 0 Å². The Labute approximate surface area is 122 Å². The number of nitrogens with zero attached hydrogens (tertiary/aromatic N) is 2. The number of rotatable bonds is 6. The van der Waals surface area contributed by atoms with Gasteiger partial charge in [0.05, 0.1) is 17.7 Å². The molecule has 0 bridgehead atoms. The number of carbonyl (C=O) groups excluding carboxylic acids is 1. The van der Waals surface area contributed by atoms with Gasteiger partial charge in [-0.2, -0.15) is 17.0 Å². The largest absolute Gasteiger partial charge is 0.340 e. The summed E-state index contributed by atoms with van der Waals surface area (Å²) in [6.07, 6.45) is 2.54. The van der Waals surface area contributed by atoms with E-state index < -0.39 is 11.9 Å². The van der Waals surface area contributed by atoms with Crippen molar-refractivity contribution in [1.29, 1.82) is 5.26 Å². The average molecular weight is 295 g/mol. The summed E-state index contributed by atoms with van der Waals surface area (Å²) in [7, 11) is 1.58. The van der Waals surface area contributed by atoms with Gasteiger partial charge in [0.25, 0.3) is 0 Å². The second kappa shape index (κ2) is 7.88. The van der Waals surface area contributed by atoms with Crippen LogP contribution >= 0.6 is 11.8 Å². The maximum atomic E-state index is 13.7. The minimum absolute atomic E-state index is 0.104. The summed E-state index contributed by atoms with van der Waals surface area (Å²) >= 11 is 1.62. The maximum Gasteiger partial charge on any atom is 0.239 e. The molecule has 1 rings (SSSR count). The van der Waals surface area contributed by atoms with Gasteiger partial charge >= 0.3 is 0 Å². The maximum absolute atomic E-state index is 13.7. The van der Waals surface area contributed by atoms with Crippen molar-refractivity contribution in [2.24, 2.45) is 5.73 Å². The normalized spacial score (nSPS) is 11.8. The van der Waals surface area contributed by atoms with Crippen LogP contribution in [-0.4, -0.2) is 35.9 Å². The van der Waals surface area contributed by atoms with Gasteiger partial charge in [-0.05, 0) is 36.6 Å². The van der Waals surface area contributed by atoms with E-state index in [1.807, 2.05) is 12.3 Å². The molecular weight excluding hydrogens is 277 g/mol. The van der Waals surface area contributed by atoms with E-state index in [2.05, 4.69) is 0 Å². The fourth-order valence-electron chi connectivity index (χ4n) is 1.75. The molecule has 6 heteroatoms. The molecule has 1 amide bonds. The van der Waals surface area contributed by atoms with Crippen molar-refractivity contribution >= 4 is 17.7 Å². The highest BCUT2D eigenvalue weighted by Crippen LogP contribution is 2.13. The molecule has 0 fully saturated rings. The fraction of sp³-hybridized carbons (Fsp3) is 0.429. The third kappa shape index (κ3) is 4.51. The zero-order chi connectivity index (χ0) is 15.1. The molecule has 20 heavy (non-hydrogen) atoms. The summed E-state index contributed by atoms with van der Waals surface area (Å²) in [6, 6.07) is 5.47. The number of hydrogen-bond acceptors (Lipinski definition) is 4. The van der Waals surface area contributed by atoms with Gasteiger partial charge in [0.1, 0.15) is 5.82 Å². The van der Waals surface area contributed by atoms with Gasteiger partial charge in [-0.15, -0.1) is 0 Å². The van der Waals surface area contributed by atoms with Crippen LogP contribution in [0.5, 0.6) is 0 Å². The molecule has 0 aliphatic carbocycles. The molecule has 0 radical (unpaired) electrons. The first kappa shape index (κ1) is 16.5. The smallest absolute Gasteiger partial charge is 0.239 e. The minimum Gasteiger partial charge on any atom is -0.340 e. The van der Waals surface area contributed by atoms with Crippen molar-refractivity contribution in [1.82, 2.24) is 4.90 Å². The number of nitrogens with two attached hydrogens (primary N) is 1. The van der Waals surface area contributed by atoms with Crippen LogP contribution in [0.3, 0.4) is 0 Å². The first-order chi connectivity index (χ1) is 9.49. The van der Waals surface area contributed by atoms with Crippen LogP contribution in [0.1, 0.15) is 17.5 Å². The molecule has 4 nitrogen and oxygen atoms in total. The molecule has 108 valence electrons. The van der Waals surface area contributed by atoms with E-state index in [9.17, 15) is 9.18 Å². The third-order valence-electron chi connectivity index (χ3n) is 2.91. The Bertz CT molecular complexity index is 516. The zero-order valence-corrected chi connectivity index (χ0v) is 12.4. The molecule has 1 aromatic carbocycles. The lowest BCUT2D eigenvalue weighted by Crippen LogP contribution is -2.41. The molecular formula is C14H18FN3OS. The van der Waals surface area contributed by atoms with Crippen molar-refractivity contribution in [2.45, 2.75) is 19.0 Å². The summed E-state index contributed by atoms with van der Waals surface area (Å²) in [5.74, 6) is 0.154. The second-order valence-corrected chi connectivity index (χ2v) is 5.49. The van der Waals surface area contributed by atoms with E-state index in [0.717, 1.165) is 5.75 Å². The van der Waals surface area contributed by atoms with Crippen molar-refractivity contribution in [3.8, 4) is 6.07 Å². The van der Waals surface area contributed by atoms with Gasteiger partial charge in [0, 0.05) is 19.2 Å². The Balaban J connectivity index is 2.73. The molecule has 1 atom stereocenters. The highest BCUT2D eigenvalue weighted by molar-refractivity contribution is 7.98. The minimum atomic E-state index is -0.574. The summed E-state index contributed by atoms with van der Waals surface area (Å²) in [5.41, 5.74) is 6.49. The molecule has 0 aliphatic heterocycles. The molecule has 0 heterocycles. The highest BCUT2D eigenvalue weighted by Gasteiger charge is 2.18. The van der Waals surface area contributed by atoms with Gasteiger partial charge < -0.3 is 10.6 Å². The number of benzene rings is 1. The zero-order valence-electron chi connectivity index (χ0n) is 11.6. The van der Waals surface area contributed by atoms with Crippen LogP contribution in [-0.2, 0) is 11.3 Å². The summed E-state index contributed by atoms with van der Waals surface area (Å²) in [5, 5.41) is 8.81. The lowest BCUT2D eigenvalue weighted by Gasteiger charge is -2.21. The molecule has 0 saturated heterocycles. The van der Waals surface area contributed by atoms with Gasteiger partial charge in [0.15, 0.2) is 0 Å². The molecule has 1 aromatic rings. The fourth-order valence-corrected chi connectivity index (χ4v) is 2.24. The molecule has 0 aromatic heterocycles. The summed E-state index contributed by atoms with van der Waals surface area (Å²) in [4.78, 5) is 13.4. The Morgan fingerprint density at radius 3 is 2.90 bits per heavy atom. The van der Waals surface area contributed by atoms with E-state index in [1.165, 1.54) is 23.1 Å². The van der Waals surface area contributed by atoms with Crippen LogP contribution in [0.2, 0.25) is 0 Å². The first-order valence-corrected chi connectivity index (χ1v) is 7.57. The van der Waals surface area contributed by atoms with Crippen molar-refractivity contribution in [3.05, 3.63) is 35.1 Å². The average Bonchev–Trinajstić information content (AvgIpc) is 2.46. The lowest BCUT2D eigenvalue weighted by atomic mass is 10.1. The first-order valence-electron chi connectivity index (χ1n) is 6.17. The Morgan fingerprint density at radius 1 is 1.60 bits per heavy atom. The number of halogens is 1. The molecule has 0 unspecified atom stereocenters. The monoisotopic (exact) mass is 295 g/mol. The number of nitriles is 1. The van der Waals surface area contributed by atoms with E-state index in [1.54, 1.807) is 18.8 Å². The number of thioether (sulfide) groups is 1. The highest BCUT2D eigenvalue weighted by atomic mass is 32.2. The summed E-state index contributed by atoms with van der Waals surface area (Å²) in [6.45, 7) is 0.104. The Morgan fingerprint density at radius 2 is 2.30 bits per heavy atom. The van der Waals surface area contributed by atoms with Crippen LogP contribution < -0.4 is 5.73 Å². The van der Waals surface area contributed by atoms with E-state index in [4.69, 9.17) is 11.0 Å². The Hall–Kier alpha value is -1.58. The van der Waals surface area contributed by atoms with Crippen molar-refractivity contribution in [3.63, 3.8) is 0 Å². The van der Waals surface area contributed by atoms with E-state index >= 15 is 0 Å². The predicted molar refractivity (Wildman–Crippen MR) is 78.6 cm³/mol. The number of likely N-dealkylation sites (N-methyl/N-ethyl adjacent to an activating group) is 1. The summed E-state index contributed by atoms with van der Waals surface area (Å²) < 4.78 is 13.7. The molecule has 0 aliphatic rings. The molecule has 2 N–H and O–H groups in total. The predicted octanol–water partition coefficient (Wildman–Crippen LogP) is 1.74. The van der Waals surface area contributed by atoms with Crippen LogP contribution in [0.25, 0.3) is 0 Å². The number of hydrogen-bond donors (Lipinski definition) is 1. The van der Waals surface area contributed by atoms with Gasteiger partial charge in [-0.25, -0.2) is 4.39 Å². The van der Waals surface area contributed by atoms with E-state index in [0.29, 0.717) is 17.5 Å². The van der Waals surface area contributed by atoms with Gasteiger partial charge in [0.2, 0.25) is 5.91 Å². The standard InChI is InChI=1S/C14H18FN3OS/c1-18(14(19)13(17)5-6-20-2)9-11-7-10(8-16)3-4-12(11)15/h3-4,7,13H,5-6,9,17H2,1-2H3/t13-/m1/s1. The lowest BCUT2D eigenvalue weighted by molar-refractivity contribution is -0.131.